The number of rotatable bonds is 3. The zero-order valence-electron chi connectivity index (χ0n) is 11.1. The van der Waals surface area contributed by atoms with Gasteiger partial charge in [-0.25, -0.2) is 0 Å². The normalized spacial score (nSPS) is 10.6. The van der Waals surface area contributed by atoms with Gasteiger partial charge in [-0.2, -0.15) is 0 Å². The van der Waals surface area contributed by atoms with E-state index in [4.69, 9.17) is 5.73 Å². The second kappa shape index (κ2) is 5.14. The molecular weight excluding hydrogens is 242 g/mol. The summed E-state index contributed by atoms with van der Waals surface area (Å²) in [7, 11) is 3.31. The Labute approximate surface area is 111 Å². The van der Waals surface area contributed by atoms with Crippen molar-refractivity contribution in [1.82, 2.24) is 9.88 Å². The highest BCUT2D eigenvalue weighted by molar-refractivity contribution is 5.83. The van der Waals surface area contributed by atoms with Gasteiger partial charge in [0.25, 0.3) is 5.56 Å². The first-order valence-corrected chi connectivity index (χ1v) is 6.11. The second-order valence-electron chi connectivity index (χ2n) is 4.53. The number of nitrogens with zero attached hydrogens (tertiary/aromatic N) is 1. The number of nitrogens with two attached hydrogens (primary N) is 1. The highest BCUT2D eigenvalue weighted by Gasteiger charge is 2.08. The molecule has 0 saturated carbocycles. The molecule has 1 amide bonds. The van der Waals surface area contributed by atoms with Crippen LogP contribution in [0.1, 0.15) is 12.0 Å². The van der Waals surface area contributed by atoms with Crippen molar-refractivity contribution < 1.29 is 4.79 Å². The van der Waals surface area contributed by atoms with Crippen LogP contribution in [0.2, 0.25) is 0 Å². The van der Waals surface area contributed by atoms with Crippen molar-refractivity contribution in [2.75, 3.05) is 12.8 Å². The molecule has 1 heterocycles. The fourth-order valence-electron chi connectivity index (χ4n) is 2.12. The third-order valence-corrected chi connectivity index (χ3v) is 3.22. The van der Waals surface area contributed by atoms with Gasteiger partial charge in [0.1, 0.15) is 0 Å². The monoisotopic (exact) mass is 259 g/mol. The van der Waals surface area contributed by atoms with Crippen molar-refractivity contribution >= 4 is 22.5 Å². The van der Waals surface area contributed by atoms with Crippen molar-refractivity contribution in [2.45, 2.75) is 12.8 Å². The van der Waals surface area contributed by atoms with E-state index in [9.17, 15) is 9.59 Å². The molecule has 0 radical (unpaired) electrons. The molecule has 0 aliphatic heterocycles. The predicted molar refractivity (Wildman–Crippen MR) is 76.0 cm³/mol. The lowest BCUT2D eigenvalue weighted by molar-refractivity contribution is -0.120. The SMILES string of the molecule is CNC(=O)CCc1cc2cc(N)ccc2n(C)c1=O. The summed E-state index contributed by atoms with van der Waals surface area (Å²) in [6.07, 6.45) is 0.733. The van der Waals surface area contributed by atoms with Gasteiger partial charge in [-0.15, -0.1) is 0 Å². The third kappa shape index (κ3) is 2.59. The molecule has 0 atom stereocenters. The number of amides is 1. The Morgan fingerprint density at radius 1 is 1.37 bits per heavy atom. The first-order chi connectivity index (χ1) is 9.02. The number of pyridine rings is 1. The first-order valence-electron chi connectivity index (χ1n) is 6.11. The quantitative estimate of drug-likeness (QED) is 0.800. The molecule has 0 aliphatic carbocycles. The van der Waals surface area contributed by atoms with Crippen molar-refractivity contribution in [1.29, 1.82) is 0 Å². The Morgan fingerprint density at radius 3 is 2.79 bits per heavy atom. The first kappa shape index (κ1) is 13.1. The summed E-state index contributed by atoms with van der Waals surface area (Å²) in [4.78, 5) is 23.4. The molecule has 1 aromatic carbocycles. The molecule has 100 valence electrons. The number of hydrogen-bond donors (Lipinski definition) is 2. The highest BCUT2D eigenvalue weighted by Crippen LogP contribution is 2.17. The number of aromatic nitrogens is 1. The van der Waals surface area contributed by atoms with Crippen LogP contribution in [0.3, 0.4) is 0 Å². The zero-order valence-corrected chi connectivity index (χ0v) is 11.1. The third-order valence-electron chi connectivity index (χ3n) is 3.22. The average molecular weight is 259 g/mol. The molecule has 2 aromatic rings. The van der Waals surface area contributed by atoms with Gasteiger partial charge in [-0.1, -0.05) is 0 Å². The number of hydrogen-bond acceptors (Lipinski definition) is 3. The molecular formula is C14H17N3O2. The summed E-state index contributed by atoms with van der Waals surface area (Å²) in [5.74, 6) is -0.0743. The zero-order chi connectivity index (χ0) is 14.0. The van der Waals surface area contributed by atoms with Gasteiger partial charge in [0.2, 0.25) is 5.91 Å². The van der Waals surface area contributed by atoms with Gasteiger partial charge in [-0.3, -0.25) is 9.59 Å². The number of nitrogen functional groups attached to an aromatic ring is 1. The molecule has 2 rings (SSSR count). The van der Waals surface area contributed by atoms with Crippen LogP contribution in [-0.2, 0) is 18.3 Å². The number of fused-ring (bicyclic) bond motifs is 1. The second-order valence-corrected chi connectivity index (χ2v) is 4.53. The molecule has 0 unspecified atom stereocenters. The number of carbonyl (C=O) groups excluding carboxylic acids is 1. The van der Waals surface area contributed by atoms with E-state index in [1.165, 1.54) is 0 Å². The Balaban J connectivity index is 2.47. The van der Waals surface area contributed by atoms with Gasteiger partial charge in [0, 0.05) is 37.2 Å². The minimum Gasteiger partial charge on any atom is -0.399 e. The minimum atomic E-state index is -0.0743. The Kier molecular flexibility index (Phi) is 3.55. The maximum Gasteiger partial charge on any atom is 0.253 e. The van der Waals surface area contributed by atoms with E-state index in [0.29, 0.717) is 24.1 Å². The predicted octanol–water partition coefficient (Wildman–Crippen LogP) is 0.799. The number of carbonyl (C=O) groups is 1. The molecule has 0 spiro atoms. The van der Waals surface area contributed by atoms with Crippen molar-refractivity contribution in [3.63, 3.8) is 0 Å². The van der Waals surface area contributed by atoms with Crippen molar-refractivity contribution in [3.8, 4) is 0 Å². The van der Waals surface area contributed by atoms with Crippen LogP contribution in [0.4, 0.5) is 5.69 Å². The number of benzene rings is 1. The van der Waals surface area contributed by atoms with Gasteiger partial charge in [0.15, 0.2) is 0 Å². The lowest BCUT2D eigenvalue weighted by atomic mass is 10.1. The van der Waals surface area contributed by atoms with E-state index in [1.807, 2.05) is 18.2 Å². The van der Waals surface area contributed by atoms with Crippen LogP contribution >= 0.6 is 0 Å². The molecule has 3 N–H and O–H groups in total. The van der Waals surface area contributed by atoms with Crippen LogP contribution in [0, 0.1) is 0 Å². The highest BCUT2D eigenvalue weighted by atomic mass is 16.1. The molecule has 19 heavy (non-hydrogen) atoms. The van der Waals surface area contributed by atoms with E-state index in [1.54, 1.807) is 24.7 Å². The maximum absolute atomic E-state index is 12.2. The van der Waals surface area contributed by atoms with Crippen LogP contribution in [0.25, 0.3) is 10.9 Å². The van der Waals surface area contributed by atoms with Gasteiger partial charge in [-0.05, 0) is 30.7 Å². The van der Waals surface area contributed by atoms with Crippen molar-refractivity contribution in [2.24, 2.45) is 7.05 Å². The fourth-order valence-corrected chi connectivity index (χ4v) is 2.12. The Bertz CT molecular complexity index is 689. The molecule has 0 aliphatic rings. The van der Waals surface area contributed by atoms with Crippen LogP contribution in [-0.4, -0.2) is 17.5 Å². The molecule has 1 aromatic heterocycles. The lowest BCUT2D eigenvalue weighted by Gasteiger charge is -2.09. The Hall–Kier alpha value is -2.30. The van der Waals surface area contributed by atoms with Crippen LogP contribution in [0.15, 0.2) is 29.1 Å². The molecule has 0 fully saturated rings. The van der Waals surface area contributed by atoms with Gasteiger partial charge in [0.05, 0.1) is 5.52 Å². The maximum atomic E-state index is 12.2. The summed E-state index contributed by atoms with van der Waals surface area (Å²) in [5, 5.41) is 3.46. The largest absolute Gasteiger partial charge is 0.399 e. The Morgan fingerprint density at radius 2 is 2.11 bits per heavy atom. The molecule has 0 saturated heterocycles. The number of aryl methyl sites for hydroxylation is 2. The summed E-state index contributed by atoms with van der Waals surface area (Å²) < 4.78 is 1.59. The van der Waals surface area contributed by atoms with E-state index < -0.39 is 0 Å². The van der Waals surface area contributed by atoms with E-state index in [-0.39, 0.29) is 11.5 Å². The fraction of sp³-hybridized carbons (Fsp3) is 0.286. The van der Waals surface area contributed by atoms with E-state index >= 15 is 0 Å². The molecule has 0 bridgehead atoms. The van der Waals surface area contributed by atoms with Crippen LogP contribution in [0.5, 0.6) is 0 Å². The summed E-state index contributed by atoms with van der Waals surface area (Å²) in [6.45, 7) is 0. The van der Waals surface area contributed by atoms with E-state index in [0.717, 1.165) is 10.9 Å². The smallest absolute Gasteiger partial charge is 0.253 e. The lowest BCUT2D eigenvalue weighted by Crippen LogP contribution is -2.24. The number of nitrogens with one attached hydrogen (secondary N) is 1. The minimum absolute atomic E-state index is 0.0684. The van der Waals surface area contributed by atoms with Gasteiger partial charge >= 0.3 is 0 Å². The van der Waals surface area contributed by atoms with Gasteiger partial charge < -0.3 is 15.6 Å². The summed E-state index contributed by atoms with van der Waals surface area (Å²) in [6, 6.07) is 7.25. The standard InChI is InChI=1S/C14H17N3O2/c1-16-13(18)6-3-9-7-10-8-11(15)4-5-12(10)17(2)14(9)19/h4-5,7-8H,3,6,15H2,1-2H3,(H,16,18). The molecule has 5 nitrogen and oxygen atoms in total. The summed E-state index contributed by atoms with van der Waals surface area (Å²) >= 11 is 0. The van der Waals surface area contributed by atoms with Crippen LogP contribution < -0.4 is 16.6 Å². The van der Waals surface area contributed by atoms with Crippen molar-refractivity contribution in [3.05, 3.63) is 40.2 Å². The summed E-state index contributed by atoms with van der Waals surface area (Å²) in [5.41, 5.74) is 7.81. The van der Waals surface area contributed by atoms with E-state index in [2.05, 4.69) is 5.32 Å². The average Bonchev–Trinajstić information content (AvgIpc) is 2.40. The molecule has 5 heteroatoms. The topological polar surface area (TPSA) is 77.1 Å². The number of anilines is 1.